The van der Waals surface area contributed by atoms with Crippen molar-refractivity contribution in [1.29, 1.82) is 0 Å². The van der Waals surface area contributed by atoms with Crippen LogP contribution in [0, 0.1) is 0 Å². The van der Waals surface area contributed by atoms with E-state index in [9.17, 15) is 4.79 Å². The van der Waals surface area contributed by atoms with Crippen LogP contribution in [0.1, 0.15) is 18.9 Å². The predicted molar refractivity (Wildman–Crippen MR) is 79.1 cm³/mol. The molecule has 2 nitrogen and oxygen atoms in total. The minimum atomic E-state index is 0.0888. The third kappa shape index (κ3) is 2.72. The molecule has 0 radical (unpaired) electrons. The van der Waals surface area contributed by atoms with Crippen LogP contribution >= 0.6 is 15.9 Å². The lowest BCUT2D eigenvalue weighted by molar-refractivity contribution is 0.655. The molecular weight excluding hydrogens is 290 g/mol. The Hall–Kier alpha value is -1.35. The van der Waals surface area contributed by atoms with Gasteiger partial charge in [-0.1, -0.05) is 47.1 Å². The van der Waals surface area contributed by atoms with Crippen LogP contribution in [-0.2, 0) is 11.9 Å². The van der Waals surface area contributed by atoms with E-state index >= 15 is 0 Å². The lowest BCUT2D eigenvalue weighted by Crippen LogP contribution is -2.20. The summed E-state index contributed by atoms with van der Waals surface area (Å²) < 4.78 is 1.77. The van der Waals surface area contributed by atoms with E-state index in [-0.39, 0.29) is 5.56 Å². The SMILES string of the molecule is CCCn1cccc(-c2ccc(CBr)cc2)c1=O. The number of benzene rings is 1. The minimum Gasteiger partial charge on any atom is -0.315 e. The molecule has 3 heteroatoms. The molecule has 0 aliphatic heterocycles. The van der Waals surface area contributed by atoms with Gasteiger partial charge < -0.3 is 4.57 Å². The van der Waals surface area contributed by atoms with Gasteiger partial charge in [-0.2, -0.15) is 0 Å². The van der Waals surface area contributed by atoms with Crippen molar-refractivity contribution in [2.45, 2.75) is 25.2 Å². The van der Waals surface area contributed by atoms with Gasteiger partial charge in [-0.25, -0.2) is 0 Å². The van der Waals surface area contributed by atoms with E-state index < -0.39 is 0 Å². The lowest BCUT2D eigenvalue weighted by atomic mass is 10.1. The van der Waals surface area contributed by atoms with Gasteiger partial charge in [0.2, 0.25) is 0 Å². The third-order valence-electron chi connectivity index (χ3n) is 2.90. The summed E-state index contributed by atoms with van der Waals surface area (Å²) in [5.41, 5.74) is 3.05. The van der Waals surface area contributed by atoms with Gasteiger partial charge in [0.1, 0.15) is 0 Å². The fourth-order valence-corrected chi connectivity index (χ4v) is 2.32. The molecule has 94 valence electrons. The first kappa shape index (κ1) is 13.1. The molecule has 0 spiro atoms. The highest BCUT2D eigenvalue weighted by Gasteiger charge is 2.05. The fourth-order valence-electron chi connectivity index (χ4n) is 1.95. The van der Waals surface area contributed by atoms with Crippen LogP contribution in [0.5, 0.6) is 0 Å². The highest BCUT2D eigenvalue weighted by molar-refractivity contribution is 9.08. The molecule has 0 saturated carbocycles. The second-order valence-corrected chi connectivity index (χ2v) is 4.81. The van der Waals surface area contributed by atoms with E-state index in [1.54, 1.807) is 4.57 Å². The monoisotopic (exact) mass is 305 g/mol. The Morgan fingerprint density at radius 3 is 2.50 bits per heavy atom. The molecule has 0 fully saturated rings. The second kappa shape index (κ2) is 6.01. The van der Waals surface area contributed by atoms with Gasteiger partial charge in [0, 0.05) is 23.6 Å². The predicted octanol–water partition coefficient (Wildman–Crippen LogP) is 3.82. The van der Waals surface area contributed by atoms with Gasteiger partial charge in [0.05, 0.1) is 0 Å². The molecule has 0 N–H and O–H groups in total. The van der Waals surface area contributed by atoms with Crippen LogP contribution in [0.15, 0.2) is 47.4 Å². The van der Waals surface area contributed by atoms with Crippen LogP contribution in [0.4, 0.5) is 0 Å². The third-order valence-corrected chi connectivity index (χ3v) is 3.55. The van der Waals surface area contributed by atoms with Gasteiger partial charge in [-0.3, -0.25) is 4.79 Å². The first-order chi connectivity index (χ1) is 8.76. The van der Waals surface area contributed by atoms with Crippen LogP contribution in [0.25, 0.3) is 11.1 Å². The Labute approximate surface area is 115 Å². The van der Waals surface area contributed by atoms with Gasteiger partial charge in [-0.05, 0) is 29.7 Å². The molecular formula is C15H16BrNO. The number of hydrogen-bond donors (Lipinski definition) is 0. The van der Waals surface area contributed by atoms with Crippen molar-refractivity contribution in [2.24, 2.45) is 0 Å². The molecule has 0 aliphatic rings. The quantitative estimate of drug-likeness (QED) is 0.787. The normalized spacial score (nSPS) is 10.6. The number of rotatable bonds is 4. The van der Waals surface area contributed by atoms with Crippen LogP contribution < -0.4 is 5.56 Å². The molecule has 0 aliphatic carbocycles. The Kier molecular flexibility index (Phi) is 4.37. The van der Waals surface area contributed by atoms with Crippen molar-refractivity contribution in [3.63, 3.8) is 0 Å². The number of halogens is 1. The van der Waals surface area contributed by atoms with E-state index in [2.05, 4.69) is 22.9 Å². The maximum absolute atomic E-state index is 12.3. The number of aromatic nitrogens is 1. The summed E-state index contributed by atoms with van der Waals surface area (Å²) in [6.07, 6.45) is 2.81. The van der Waals surface area contributed by atoms with Crippen molar-refractivity contribution in [3.8, 4) is 11.1 Å². The van der Waals surface area contributed by atoms with E-state index in [0.29, 0.717) is 0 Å². The zero-order chi connectivity index (χ0) is 13.0. The lowest BCUT2D eigenvalue weighted by Gasteiger charge is -2.07. The van der Waals surface area contributed by atoms with Crippen LogP contribution in [0.3, 0.4) is 0 Å². The van der Waals surface area contributed by atoms with Crippen molar-refractivity contribution in [3.05, 3.63) is 58.5 Å². The zero-order valence-corrected chi connectivity index (χ0v) is 12.0. The Morgan fingerprint density at radius 2 is 1.89 bits per heavy atom. The standard InChI is InChI=1S/C15H16BrNO/c1-2-9-17-10-3-4-14(15(17)18)13-7-5-12(11-16)6-8-13/h3-8,10H,2,9,11H2,1H3. The van der Waals surface area contributed by atoms with Crippen LogP contribution in [0.2, 0.25) is 0 Å². The number of nitrogens with zero attached hydrogens (tertiary/aromatic N) is 1. The molecule has 2 rings (SSSR count). The number of pyridine rings is 1. The molecule has 1 heterocycles. The number of aryl methyl sites for hydroxylation is 1. The molecule has 1 aromatic carbocycles. The van der Waals surface area contributed by atoms with Crippen molar-refractivity contribution in [1.82, 2.24) is 4.57 Å². The van der Waals surface area contributed by atoms with Gasteiger partial charge in [0.25, 0.3) is 5.56 Å². The number of hydrogen-bond acceptors (Lipinski definition) is 1. The average Bonchev–Trinajstić information content (AvgIpc) is 2.42. The second-order valence-electron chi connectivity index (χ2n) is 4.25. The first-order valence-corrected chi connectivity index (χ1v) is 7.23. The zero-order valence-electron chi connectivity index (χ0n) is 10.4. The van der Waals surface area contributed by atoms with Crippen LogP contribution in [-0.4, -0.2) is 4.57 Å². The van der Waals surface area contributed by atoms with E-state index in [1.165, 1.54) is 5.56 Å². The summed E-state index contributed by atoms with van der Waals surface area (Å²) in [4.78, 5) is 12.3. The van der Waals surface area contributed by atoms with Crippen molar-refractivity contribution in [2.75, 3.05) is 0 Å². The molecule has 0 amide bonds. The Balaban J connectivity index is 2.43. The molecule has 0 saturated heterocycles. The molecule has 0 atom stereocenters. The van der Waals surface area contributed by atoms with Gasteiger partial charge >= 0.3 is 0 Å². The Morgan fingerprint density at radius 1 is 1.17 bits per heavy atom. The van der Waals surface area contributed by atoms with Gasteiger partial charge in [-0.15, -0.1) is 0 Å². The minimum absolute atomic E-state index is 0.0888. The fraction of sp³-hybridized carbons (Fsp3) is 0.267. The molecule has 2 aromatic rings. The average molecular weight is 306 g/mol. The molecule has 18 heavy (non-hydrogen) atoms. The largest absolute Gasteiger partial charge is 0.315 e. The van der Waals surface area contributed by atoms with Gasteiger partial charge in [0.15, 0.2) is 0 Å². The topological polar surface area (TPSA) is 22.0 Å². The van der Waals surface area contributed by atoms with E-state index in [0.717, 1.165) is 29.4 Å². The summed E-state index contributed by atoms with van der Waals surface area (Å²) >= 11 is 3.42. The summed E-state index contributed by atoms with van der Waals surface area (Å²) in [5, 5.41) is 0.835. The molecule has 1 aromatic heterocycles. The van der Waals surface area contributed by atoms with E-state index in [4.69, 9.17) is 0 Å². The first-order valence-electron chi connectivity index (χ1n) is 6.11. The highest BCUT2D eigenvalue weighted by Crippen LogP contribution is 2.17. The maximum Gasteiger partial charge on any atom is 0.258 e. The Bertz CT molecular complexity index is 572. The molecule has 0 unspecified atom stereocenters. The molecule has 0 bridgehead atoms. The summed E-state index contributed by atoms with van der Waals surface area (Å²) in [5.74, 6) is 0. The smallest absolute Gasteiger partial charge is 0.258 e. The van der Waals surface area contributed by atoms with Crippen molar-refractivity contribution >= 4 is 15.9 Å². The number of alkyl halides is 1. The van der Waals surface area contributed by atoms with E-state index in [1.807, 2.05) is 42.6 Å². The summed E-state index contributed by atoms with van der Waals surface area (Å²) in [6.45, 7) is 2.84. The van der Waals surface area contributed by atoms with Crippen molar-refractivity contribution < 1.29 is 0 Å². The summed E-state index contributed by atoms with van der Waals surface area (Å²) in [7, 11) is 0. The highest BCUT2D eigenvalue weighted by atomic mass is 79.9. The summed E-state index contributed by atoms with van der Waals surface area (Å²) in [6, 6.07) is 11.9. The maximum atomic E-state index is 12.3.